The molecule has 124 valence electrons. The molecular weight excluding hydrogens is 320 g/mol. The standard InChI is InChI=1S/C16H19ClN2O4/c1-16(2,23-5)15(20)19-11-8-18-10-7-13(22-4)12(21-3)6-9(10)14(11)17/h6-8H,1-5H3,(H,19,20). The van der Waals surface area contributed by atoms with Crippen molar-refractivity contribution in [3.63, 3.8) is 0 Å². The van der Waals surface area contributed by atoms with Crippen LogP contribution in [0.15, 0.2) is 18.3 Å². The van der Waals surface area contributed by atoms with Crippen LogP contribution in [0.25, 0.3) is 10.9 Å². The maximum atomic E-state index is 12.2. The number of anilines is 1. The number of carbonyl (C=O) groups is 1. The lowest BCUT2D eigenvalue weighted by atomic mass is 10.1. The van der Waals surface area contributed by atoms with Crippen LogP contribution in [0.1, 0.15) is 13.8 Å². The molecule has 0 aliphatic heterocycles. The molecule has 0 radical (unpaired) electrons. The average Bonchev–Trinajstić information content (AvgIpc) is 2.56. The monoisotopic (exact) mass is 338 g/mol. The van der Waals surface area contributed by atoms with E-state index >= 15 is 0 Å². The van der Waals surface area contributed by atoms with Crippen molar-refractivity contribution in [1.82, 2.24) is 4.98 Å². The van der Waals surface area contributed by atoms with Gasteiger partial charge in [-0.2, -0.15) is 0 Å². The Kier molecular flexibility index (Phi) is 4.97. The van der Waals surface area contributed by atoms with Crippen molar-refractivity contribution in [2.24, 2.45) is 0 Å². The van der Waals surface area contributed by atoms with Crippen molar-refractivity contribution in [1.29, 1.82) is 0 Å². The Bertz CT molecular complexity index is 746. The van der Waals surface area contributed by atoms with E-state index in [0.717, 1.165) is 0 Å². The van der Waals surface area contributed by atoms with Gasteiger partial charge in [-0.25, -0.2) is 0 Å². The first kappa shape index (κ1) is 17.3. The van der Waals surface area contributed by atoms with E-state index in [-0.39, 0.29) is 5.91 Å². The minimum Gasteiger partial charge on any atom is -0.493 e. The number of ether oxygens (including phenoxy) is 3. The zero-order valence-electron chi connectivity index (χ0n) is 13.7. The summed E-state index contributed by atoms with van der Waals surface area (Å²) >= 11 is 6.41. The Balaban J connectivity index is 2.48. The van der Waals surface area contributed by atoms with Crippen LogP contribution >= 0.6 is 11.6 Å². The molecule has 1 aromatic carbocycles. The number of benzene rings is 1. The summed E-state index contributed by atoms with van der Waals surface area (Å²) in [7, 11) is 4.56. The fourth-order valence-corrected chi connectivity index (χ4v) is 2.19. The molecule has 2 rings (SSSR count). The summed E-state index contributed by atoms with van der Waals surface area (Å²) in [4.78, 5) is 16.5. The van der Waals surface area contributed by atoms with Gasteiger partial charge >= 0.3 is 0 Å². The Morgan fingerprint density at radius 2 is 1.78 bits per heavy atom. The number of nitrogens with zero attached hydrogens (tertiary/aromatic N) is 1. The van der Waals surface area contributed by atoms with Crippen molar-refractivity contribution in [2.45, 2.75) is 19.4 Å². The second-order valence-electron chi connectivity index (χ2n) is 5.38. The lowest BCUT2D eigenvalue weighted by Crippen LogP contribution is -2.38. The molecule has 1 amide bonds. The third kappa shape index (κ3) is 3.33. The van der Waals surface area contributed by atoms with Gasteiger partial charge in [0.05, 0.1) is 36.6 Å². The van der Waals surface area contributed by atoms with Crippen LogP contribution in [0.4, 0.5) is 5.69 Å². The van der Waals surface area contributed by atoms with Crippen LogP contribution in [0.2, 0.25) is 5.02 Å². The SMILES string of the molecule is COc1cc2ncc(NC(=O)C(C)(C)OC)c(Cl)c2cc1OC. The summed E-state index contributed by atoms with van der Waals surface area (Å²) in [5.74, 6) is 0.772. The summed E-state index contributed by atoms with van der Waals surface area (Å²) in [5, 5.41) is 3.75. The normalized spacial score (nSPS) is 11.4. The van der Waals surface area contributed by atoms with Gasteiger partial charge in [-0.1, -0.05) is 11.6 Å². The summed E-state index contributed by atoms with van der Waals surface area (Å²) in [6, 6.07) is 3.45. The molecule has 1 aromatic heterocycles. The van der Waals surface area contributed by atoms with E-state index in [0.29, 0.717) is 33.1 Å². The van der Waals surface area contributed by atoms with E-state index in [1.165, 1.54) is 20.4 Å². The molecule has 0 aliphatic rings. The van der Waals surface area contributed by atoms with Crippen molar-refractivity contribution >= 4 is 34.1 Å². The highest BCUT2D eigenvalue weighted by molar-refractivity contribution is 6.38. The molecule has 2 aromatic rings. The van der Waals surface area contributed by atoms with Crippen LogP contribution in [-0.2, 0) is 9.53 Å². The average molecular weight is 339 g/mol. The van der Waals surface area contributed by atoms with Crippen LogP contribution in [0.5, 0.6) is 11.5 Å². The minimum atomic E-state index is -0.976. The molecule has 0 unspecified atom stereocenters. The fourth-order valence-electron chi connectivity index (χ4n) is 1.94. The van der Waals surface area contributed by atoms with Crippen molar-refractivity contribution < 1.29 is 19.0 Å². The van der Waals surface area contributed by atoms with Crippen LogP contribution in [-0.4, -0.2) is 37.8 Å². The summed E-state index contributed by atoms with van der Waals surface area (Å²) in [6.45, 7) is 3.33. The maximum absolute atomic E-state index is 12.2. The number of methoxy groups -OCH3 is 3. The van der Waals surface area contributed by atoms with E-state index in [9.17, 15) is 4.79 Å². The zero-order chi connectivity index (χ0) is 17.2. The zero-order valence-corrected chi connectivity index (χ0v) is 14.4. The smallest absolute Gasteiger partial charge is 0.256 e. The predicted octanol–water partition coefficient (Wildman–Crippen LogP) is 3.27. The van der Waals surface area contributed by atoms with Gasteiger partial charge in [0.15, 0.2) is 11.5 Å². The molecule has 0 aliphatic carbocycles. The van der Waals surface area contributed by atoms with Gasteiger partial charge in [0.2, 0.25) is 0 Å². The van der Waals surface area contributed by atoms with E-state index in [2.05, 4.69) is 10.3 Å². The fraction of sp³-hybridized carbons (Fsp3) is 0.375. The molecule has 6 nitrogen and oxygen atoms in total. The molecule has 0 fully saturated rings. The highest BCUT2D eigenvalue weighted by Crippen LogP contribution is 2.37. The topological polar surface area (TPSA) is 69.7 Å². The van der Waals surface area contributed by atoms with Gasteiger partial charge in [-0.15, -0.1) is 0 Å². The number of hydrogen-bond acceptors (Lipinski definition) is 5. The Labute approximate surface area is 139 Å². The summed E-state index contributed by atoms with van der Waals surface area (Å²) in [6.07, 6.45) is 1.50. The minimum absolute atomic E-state index is 0.316. The molecule has 0 spiro atoms. The first-order valence-corrected chi connectivity index (χ1v) is 7.28. The maximum Gasteiger partial charge on any atom is 0.256 e. The molecule has 1 N–H and O–H groups in total. The third-order valence-electron chi connectivity index (χ3n) is 3.61. The third-order valence-corrected chi connectivity index (χ3v) is 4.02. The molecular formula is C16H19ClN2O4. The second kappa shape index (κ2) is 6.60. The number of amides is 1. The van der Waals surface area contributed by atoms with Crippen molar-refractivity contribution in [3.8, 4) is 11.5 Å². The quantitative estimate of drug-likeness (QED) is 0.906. The summed E-state index contributed by atoms with van der Waals surface area (Å²) < 4.78 is 15.7. The molecule has 0 atom stereocenters. The number of fused-ring (bicyclic) bond motifs is 1. The molecule has 0 saturated carbocycles. The van der Waals surface area contributed by atoms with E-state index in [1.54, 1.807) is 33.1 Å². The number of nitrogens with one attached hydrogen (secondary N) is 1. The Morgan fingerprint density at radius 3 is 2.35 bits per heavy atom. The first-order valence-electron chi connectivity index (χ1n) is 6.91. The van der Waals surface area contributed by atoms with E-state index in [4.69, 9.17) is 25.8 Å². The lowest BCUT2D eigenvalue weighted by molar-refractivity contribution is -0.133. The first-order chi connectivity index (χ1) is 10.8. The second-order valence-corrected chi connectivity index (χ2v) is 5.76. The number of rotatable bonds is 5. The van der Waals surface area contributed by atoms with Crippen molar-refractivity contribution in [2.75, 3.05) is 26.6 Å². The van der Waals surface area contributed by atoms with Crippen molar-refractivity contribution in [3.05, 3.63) is 23.4 Å². The number of hydrogen-bond donors (Lipinski definition) is 1. The van der Waals surface area contributed by atoms with E-state index < -0.39 is 5.60 Å². The number of carbonyl (C=O) groups excluding carboxylic acids is 1. The Hall–Kier alpha value is -2.05. The van der Waals surface area contributed by atoms with Crippen LogP contribution in [0, 0.1) is 0 Å². The number of halogens is 1. The molecule has 7 heteroatoms. The summed E-state index contributed by atoms with van der Waals surface area (Å²) in [5.41, 5.74) is 0.0637. The van der Waals surface area contributed by atoms with Gasteiger partial charge < -0.3 is 19.5 Å². The van der Waals surface area contributed by atoms with Crippen LogP contribution < -0.4 is 14.8 Å². The lowest BCUT2D eigenvalue weighted by Gasteiger charge is -2.22. The van der Waals surface area contributed by atoms with Gasteiger partial charge in [-0.05, 0) is 19.9 Å². The van der Waals surface area contributed by atoms with Crippen LogP contribution in [0.3, 0.4) is 0 Å². The molecule has 0 saturated heterocycles. The molecule has 0 bridgehead atoms. The molecule has 23 heavy (non-hydrogen) atoms. The van der Waals surface area contributed by atoms with Gasteiger partial charge in [0, 0.05) is 18.6 Å². The van der Waals surface area contributed by atoms with Gasteiger partial charge in [0.1, 0.15) is 5.60 Å². The molecule has 1 heterocycles. The number of aromatic nitrogens is 1. The highest BCUT2D eigenvalue weighted by Gasteiger charge is 2.27. The van der Waals surface area contributed by atoms with E-state index in [1.807, 2.05) is 0 Å². The Morgan fingerprint density at radius 1 is 1.17 bits per heavy atom. The largest absolute Gasteiger partial charge is 0.493 e. The van der Waals surface area contributed by atoms with Gasteiger partial charge in [0.25, 0.3) is 5.91 Å². The highest BCUT2D eigenvalue weighted by atomic mass is 35.5. The number of pyridine rings is 1. The predicted molar refractivity (Wildman–Crippen MR) is 89.6 cm³/mol. The van der Waals surface area contributed by atoms with Gasteiger partial charge in [-0.3, -0.25) is 9.78 Å².